The van der Waals surface area contributed by atoms with Gasteiger partial charge in [0.15, 0.2) is 0 Å². The summed E-state index contributed by atoms with van der Waals surface area (Å²) < 4.78 is 0. The van der Waals surface area contributed by atoms with Crippen molar-refractivity contribution in [3.63, 3.8) is 0 Å². The van der Waals surface area contributed by atoms with Gasteiger partial charge in [0.2, 0.25) is 0 Å². The summed E-state index contributed by atoms with van der Waals surface area (Å²) in [5.74, 6) is 0.824. The molecule has 1 saturated carbocycles. The van der Waals surface area contributed by atoms with E-state index >= 15 is 0 Å². The number of para-hydroxylation sites is 2. The molecule has 0 radical (unpaired) electrons. The van der Waals surface area contributed by atoms with Gasteiger partial charge in [0.05, 0.1) is 11.4 Å². The number of benzene rings is 1. The van der Waals surface area contributed by atoms with E-state index < -0.39 is 0 Å². The zero-order valence-corrected chi connectivity index (χ0v) is 9.37. The van der Waals surface area contributed by atoms with Crippen molar-refractivity contribution in [2.24, 2.45) is 5.92 Å². The van der Waals surface area contributed by atoms with Gasteiger partial charge in [-0.2, -0.15) is 0 Å². The highest BCUT2D eigenvalue weighted by Crippen LogP contribution is 2.30. The Labute approximate surface area is 91.9 Å². The molecule has 0 aromatic heterocycles. The summed E-state index contributed by atoms with van der Waals surface area (Å²) in [6.45, 7) is 2.27. The second kappa shape index (κ2) is 4.56. The van der Waals surface area contributed by atoms with Crippen LogP contribution in [0, 0.1) is 5.92 Å². The molecule has 1 atom stereocenters. The minimum Gasteiger partial charge on any atom is -0.397 e. The molecule has 0 heterocycles. The van der Waals surface area contributed by atoms with Crippen molar-refractivity contribution in [2.45, 2.75) is 38.6 Å². The first-order valence-corrected chi connectivity index (χ1v) is 5.88. The highest BCUT2D eigenvalue weighted by molar-refractivity contribution is 5.65. The largest absolute Gasteiger partial charge is 0.397 e. The van der Waals surface area contributed by atoms with Crippen molar-refractivity contribution >= 4 is 11.4 Å². The molecule has 0 amide bonds. The Morgan fingerprint density at radius 1 is 1.27 bits per heavy atom. The summed E-state index contributed by atoms with van der Waals surface area (Å²) in [7, 11) is 0. The minimum atomic E-state index is 0.539. The molecule has 1 aromatic rings. The molecule has 1 unspecified atom stereocenters. The van der Waals surface area contributed by atoms with Gasteiger partial charge in [-0.25, -0.2) is 0 Å². The van der Waals surface area contributed by atoms with Gasteiger partial charge in [0.1, 0.15) is 0 Å². The van der Waals surface area contributed by atoms with Crippen LogP contribution in [-0.4, -0.2) is 6.04 Å². The van der Waals surface area contributed by atoms with Crippen LogP contribution in [0.5, 0.6) is 0 Å². The second-order valence-electron chi connectivity index (χ2n) is 4.56. The molecule has 1 aliphatic rings. The highest BCUT2D eigenvalue weighted by atomic mass is 14.9. The Bertz CT molecular complexity index is 316. The molecule has 2 heteroatoms. The Hall–Kier alpha value is -1.18. The second-order valence-corrected chi connectivity index (χ2v) is 4.56. The van der Waals surface area contributed by atoms with E-state index in [2.05, 4.69) is 18.3 Å². The van der Waals surface area contributed by atoms with E-state index in [0.717, 1.165) is 17.3 Å². The maximum Gasteiger partial charge on any atom is 0.0576 e. The van der Waals surface area contributed by atoms with E-state index in [9.17, 15) is 0 Å². The molecule has 0 aliphatic heterocycles. The van der Waals surface area contributed by atoms with E-state index in [4.69, 9.17) is 5.73 Å². The molecule has 15 heavy (non-hydrogen) atoms. The average Bonchev–Trinajstić information content (AvgIpc) is 2.74. The lowest BCUT2D eigenvalue weighted by molar-refractivity contribution is 0.482. The Balaban J connectivity index is 1.99. The fraction of sp³-hybridized carbons (Fsp3) is 0.538. The minimum absolute atomic E-state index is 0.539. The molecule has 1 aromatic carbocycles. The van der Waals surface area contributed by atoms with Crippen LogP contribution in [0.15, 0.2) is 24.3 Å². The standard InChI is InChI=1S/C13H20N2/c1-10(11-6-2-3-7-11)15-13-9-5-4-8-12(13)14/h4-5,8-11,15H,2-3,6-7,14H2,1H3. The zero-order chi connectivity index (χ0) is 10.7. The molecule has 2 rings (SSSR count). The summed E-state index contributed by atoms with van der Waals surface area (Å²) in [4.78, 5) is 0. The fourth-order valence-corrected chi connectivity index (χ4v) is 2.45. The van der Waals surface area contributed by atoms with Crippen LogP contribution in [0.3, 0.4) is 0 Å². The van der Waals surface area contributed by atoms with Crippen LogP contribution in [0.4, 0.5) is 11.4 Å². The monoisotopic (exact) mass is 204 g/mol. The first kappa shape index (κ1) is 10.3. The number of rotatable bonds is 3. The Morgan fingerprint density at radius 2 is 1.93 bits per heavy atom. The van der Waals surface area contributed by atoms with Crippen LogP contribution in [-0.2, 0) is 0 Å². The molecule has 0 spiro atoms. The van der Waals surface area contributed by atoms with Crippen LogP contribution in [0.25, 0.3) is 0 Å². The third-order valence-corrected chi connectivity index (χ3v) is 3.45. The van der Waals surface area contributed by atoms with Crippen LogP contribution >= 0.6 is 0 Å². The van der Waals surface area contributed by atoms with E-state index in [1.165, 1.54) is 25.7 Å². The van der Waals surface area contributed by atoms with E-state index in [1.807, 2.05) is 18.2 Å². The predicted molar refractivity (Wildman–Crippen MR) is 65.9 cm³/mol. The van der Waals surface area contributed by atoms with E-state index in [0.29, 0.717) is 6.04 Å². The number of hydrogen-bond donors (Lipinski definition) is 2. The van der Waals surface area contributed by atoms with Crippen molar-refractivity contribution in [1.29, 1.82) is 0 Å². The van der Waals surface area contributed by atoms with Crippen molar-refractivity contribution in [2.75, 3.05) is 11.1 Å². The lowest BCUT2D eigenvalue weighted by atomic mass is 9.99. The Morgan fingerprint density at radius 3 is 2.60 bits per heavy atom. The summed E-state index contributed by atoms with van der Waals surface area (Å²) in [6.07, 6.45) is 5.50. The van der Waals surface area contributed by atoms with Gasteiger partial charge < -0.3 is 11.1 Å². The molecule has 82 valence electrons. The third kappa shape index (κ3) is 2.44. The first-order chi connectivity index (χ1) is 7.27. The Kier molecular flexibility index (Phi) is 3.14. The quantitative estimate of drug-likeness (QED) is 0.742. The topological polar surface area (TPSA) is 38.0 Å². The van der Waals surface area contributed by atoms with Crippen LogP contribution in [0.2, 0.25) is 0 Å². The van der Waals surface area contributed by atoms with E-state index in [-0.39, 0.29) is 0 Å². The van der Waals surface area contributed by atoms with Crippen molar-refractivity contribution in [1.82, 2.24) is 0 Å². The average molecular weight is 204 g/mol. The summed E-state index contributed by atoms with van der Waals surface area (Å²) in [5.41, 5.74) is 7.83. The molecule has 3 N–H and O–H groups in total. The number of anilines is 2. The molecular weight excluding hydrogens is 184 g/mol. The zero-order valence-electron chi connectivity index (χ0n) is 9.37. The van der Waals surface area contributed by atoms with Crippen LogP contribution in [0.1, 0.15) is 32.6 Å². The number of nitrogens with two attached hydrogens (primary N) is 1. The van der Waals surface area contributed by atoms with Gasteiger partial charge in [-0.15, -0.1) is 0 Å². The molecule has 0 bridgehead atoms. The van der Waals surface area contributed by atoms with Crippen molar-refractivity contribution in [3.05, 3.63) is 24.3 Å². The van der Waals surface area contributed by atoms with Gasteiger partial charge in [0, 0.05) is 6.04 Å². The lowest BCUT2D eigenvalue weighted by Crippen LogP contribution is -2.24. The highest BCUT2D eigenvalue weighted by Gasteiger charge is 2.21. The summed E-state index contributed by atoms with van der Waals surface area (Å²) in [5, 5.41) is 3.53. The van der Waals surface area contributed by atoms with Gasteiger partial charge >= 0.3 is 0 Å². The van der Waals surface area contributed by atoms with Gasteiger partial charge in [-0.1, -0.05) is 25.0 Å². The van der Waals surface area contributed by atoms with Gasteiger partial charge in [-0.05, 0) is 37.8 Å². The SMILES string of the molecule is CC(Nc1ccccc1N)C1CCCC1. The van der Waals surface area contributed by atoms with E-state index in [1.54, 1.807) is 0 Å². The van der Waals surface area contributed by atoms with Gasteiger partial charge in [-0.3, -0.25) is 0 Å². The third-order valence-electron chi connectivity index (χ3n) is 3.45. The maximum absolute atomic E-state index is 5.91. The van der Waals surface area contributed by atoms with Crippen molar-refractivity contribution in [3.8, 4) is 0 Å². The fourth-order valence-electron chi connectivity index (χ4n) is 2.45. The maximum atomic E-state index is 5.91. The molecule has 2 nitrogen and oxygen atoms in total. The normalized spacial score (nSPS) is 19.0. The molecule has 1 fully saturated rings. The van der Waals surface area contributed by atoms with Crippen molar-refractivity contribution < 1.29 is 0 Å². The first-order valence-electron chi connectivity index (χ1n) is 5.88. The smallest absolute Gasteiger partial charge is 0.0576 e. The van der Waals surface area contributed by atoms with Crippen LogP contribution < -0.4 is 11.1 Å². The lowest BCUT2D eigenvalue weighted by Gasteiger charge is -2.22. The number of nitrogen functional groups attached to an aromatic ring is 1. The molecule has 1 aliphatic carbocycles. The molecular formula is C13H20N2. The summed E-state index contributed by atoms with van der Waals surface area (Å²) >= 11 is 0. The predicted octanol–water partition coefficient (Wildman–Crippen LogP) is 3.26. The summed E-state index contributed by atoms with van der Waals surface area (Å²) in [6, 6.07) is 8.54. The number of hydrogen-bond acceptors (Lipinski definition) is 2. The number of nitrogens with one attached hydrogen (secondary N) is 1. The van der Waals surface area contributed by atoms with Gasteiger partial charge in [0.25, 0.3) is 0 Å². The molecule has 0 saturated heterocycles.